The molecule has 0 amide bonds. The van der Waals surface area contributed by atoms with Gasteiger partial charge in [0, 0.05) is 13.0 Å². The predicted octanol–water partition coefficient (Wildman–Crippen LogP) is 6.96. The Hall–Kier alpha value is -0.760. The molecule has 0 fully saturated rings. The van der Waals surface area contributed by atoms with Gasteiger partial charge in [0.2, 0.25) is 0 Å². The number of unbranched alkanes of at least 4 members (excludes halogenated alkanes) is 13. The van der Waals surface area contributed by atoms with E-state index >= 15 is 0 Å². The van der Waals surface area contributed by atoms with E-state index in [1.807, 2.05) is 21.1 Å². The van der Waals surface area contributed by atoms with Crippen LogP contribution in [0.2, 0.25) is 0 Å². The number of rotatable bonds is 28. The lowest BCUT2D eigenvalue weighted by molar-refractivity contribution is -0.870. The van der Waals surface area contributed by atoms with Crippen LogP contribution in [0.4, 0.5) is 0 Å². The molecule has 0 aliphatic heterocycles. The highest BCUT2D eigenvalue weighted by molar-refractivity contribution is 7.45. The van der Waals surface area contributed by atoms with Gasteiger partial charge in [0.1, 0.15) is 19.3 Å². The molecule has 0 spiro atoms. The maximum absolute atomic E-state index is 12.0. The second-order valence-corrected chi connectivity index (χ2v) is 12.8. The maximum atomic E-state index is 12.0. The molecule has 9 heteroatoms. The van der Waals surface area contributed by atoms with E-state index in [1.165, 1.54) is 83.5 Å². The Kier molecular flexibility index (Phi) is 24.5. The summed E-state index contributed by atoms with van der Waals surface area (Å²) in [5.41, 5.74) is 0. The van der Waals surface area contributed by atoms with Gasteiger partial charge in [-0.15, -0.1) is 0 Å². The smallest absolute Gasteiger partial charge is 0.305 e. The lowest BCUT2D eigenvalue weighted by Gasteiger charge is -2.28. The quantitative estimate of drug-likeness (QED) is 0.0326. The zero-order valence-electron chi connectivity index (χ0n) is 25.8. The van der Waals surface area contributed by atoms with E-state index in [0.29, 0.717) is 17.6 Å². The summed E-state index contributed by atoms with van der Waals surface area (Å²) in [6, 6.07) is 0. The average molecular weight is 578 g/mol. The Morgan fingerprint density at radius 3 is 1.85 bits per heavy atom. The molecule has 0 aromatic rings. The molecule has 8 nitrogen and oxygen atoms in total. The number of phosphoric ester groups is 1. The van der Waals surface area contributed by atoms with E-state index in [-0.39, 0.29) is 26.2 Å². The first kappa shape index (κ1) is 38.2. The molecular formula is C30H60NO7P. The third-order valence-electron chi connectivity index (χ3n) is 6.37. The second kappa shape index (κ2) is 25.0. The molecule has 2 unspecified atom stereocenters. The van der Waals surface area contributed by atoms with Crippen molar-refractivity contribution in [1.82, 2.24) is 0 Å². The number of quaternary nitrogens is 1. The number of nitrogens with zero attached hydrogens (tertiary/aromatic N) is 1. The molecule has 39 heavy (non-hydrogen) atoms. The standard InChI is InChI=1S/C30H60NO7P/c1-6-8-9-10-11-12-13-14-15-16-17-18-19-20-21-22-23-25-35-27-29(38-30(32)7-2)28-37-39(33,34)36-26-24-31(3,4)5/h15-16,29H,6-14,17-28H2,1-5H3/b16-15-. The van der Waals surface area contributed by atoms with Crippen LogP contribution >= 0.6 is 7.82 Å². The third-order valence-corrected chi connectivity index (χ3v) is 7.34. The van der Waals surface area contributed by atoms with Gasteiger partial charge in [-0.3, -0.25) is 9.36 Å². The highest BCUT2D eigenvalue weighted by Crippen LogP contribution is 2.38. The Morgan fingerprint density at radius 1 is 0.769 bits per heavy atom. The van der Waals surface area contributed by atoms with Gasteiger partial charge in [-0.05, 0) is 32.1 Å². The van der Waals surface area contributed by atoms with Crippen molar-refractivity contribution in [3.63, 3.8) is 0 Å². The molecule has 0 aromatic heterocycles. The van der Waals surface area contributed by atoms with E-state index in [4.69, 9.17) is 18.5 Å². The molecule has 0 N–H and O–H groups in total. The van der Waals surface area contributed by atoms with Crippen LogP contribution in [0.3, 0.4) is 0 Å². The fraction of sp³-hybridized carbons (Fsp3) is 0.900. The number of carbonyl (C=O) groups is 1. The topological polar surface area (TPSA) is 94.1 Å². The fourth-order valence-corrected chi connectivity index (χ4v) is 4.60. The number of hydrogen-bond acceptors (Lipinski definition) is 7. The number of phosphoric acid groups is 1. The largest absolute Gasteiger partial charge is 0.756 e. The van der Waals surface area contributed by atoms with Crippen molar-refractivity contribution >= 4 is 13.8 Å². The van der Waals surface area contributed by atoms with Gasteiger partial charge in [0.25, 0.3) is 7.82 Å². The van der Waals surface area contributed by atoms with Gasteiger partial charge in [0.15, 0.2) is 0 Å². The third kappa shape index (κ3) is 28.6. The number of likely N-dealkylation sites (N-methyl/N-ethyl adjacent to an activating group) is 1. The summed E-state index contributed by atoms with van der Waals surface area (Å²) in [6.07, 6.45) is 23.0. The average Bonchev–Trinajstić information content (AvgIpc) is 2.87. The van der Waals surface area contributed by atoms with Crippen LogP contribution < -0.4 is 4.89 Å². The highest BCUT2D eigenvalue weighted by atomic mass is 31.2. The van der Waals surface area contributed by atoms with E-state index in [9.17, 15) is 14.3 Å². The monoisotopic (exact) mass is 577 g/mol. The summed E-state index contributed by atoms with van der Waals surface area (Å²) in [5, 5.41) is 0. The molecule has 0 rings (SSSR count). The number of esters is 1. The molecule has 0 aliphatic rings. The van der Waals surface area contributed by atoms with E-state index in [1.54, 1.807) is 6.92 Å². The van der Waals surface area contributed by atoms with Crippen molar-refractivity contribution in [2.45, 2.75) is 123 Å². The Labute approximate surface area is 240 Å². The fourth-order valence-electron chi connectivity index (χ4n) is 3.87. The van der Waals surface area contributed by atoms with Crippen molar-refractivity contribution in [3.8, 4) is 0 Å². The minimum absolute atomic E-state index is 0.0240. The Morgan fingerprint density at radius 2 is 1.31 bits per heavy atom. The van der Waals surface area contributed by atoms with Gasteiger partial charge in [-0.1, -0.05) is 90.2 Å². The summed E-state index contributed by atoms with van der Waals surface area (Å²) < 4.78 is 33.4. The predicted molar refractivity (Wildman–Crippen MR) is 157 cm³/mol. The number of ether oxygens (including phenoxy) is 2. The van der Waals surface area contributed by atoms with E-state index < -0.39 is 19.9 Å². The molecule has 0 saturated heterocycles. The summed E-state index contributed by atoms with van der Waals surface area (Å²) in [4.78, 5) is 23.7. The zero-order chi connectivity index (χ0) is 29.2. The van der Waals surface area contributed by atoms with Crippen molar-refractivity contribution in [2.75, 3.05) is 54.1 Å². The Bertz CT molecular complexity index is 652. The number of allylic oxidation sites excluding steroid dienone is 2. The summed E-state index contributed by atoms with van der Waals surface area (Å²) >= 11 is 0. The first-order chi connectivity index (χ1) is 18.6. The summed E-state index contributed by atoms with van der Waals surface area (Å²) in [6.45, 7) is 4.80. The van der Waals surface area contributed by atoms with Gasteiger partial charge in [0.05, 0.1) is 34.4 Å². The van der Waals surface area contributed by atoms with Crippen molar-refractivity contribution in [1.29, 1.82) is 0 Å². The summed E-state index contributed by atoms with van der Waals surface area (Å²) in [5.74, 6) is -0.425. The number of hydrogen-bond donors (Lipinski definition) is 0. The normalized spacial score (nSPS) is 14.5. The Balaban J connectivity index is 3.84. The highest BCUT2D eigenvalue weighted by Gasteiger charge is 2.19. The molecule has 0 aromatic carbocycles. The van der Waals surface area contributed by atoms with Crippen LogP contribution in [0.1, 0.15) is 117 Å². The van der Waals surface area contributed by atoms with Crippen LogP contribution in [0.15, 0.2) is 12.2 Å². The molecule has 0 radical (unpaired) electrons. The lowest BCUT2D eigenvalue weighted by Crippen LogP contribution is -2.37. The van der Waals surface area contributed by atoms with Crippen LogP contribution in [0.5, 0.6) is 0 Å². The lowest BCUT2D eigenvalue weighted by atomic mass is 10.1. The first-order valence-electron chi connectivity index (χ1n) is 15.4. The molecule has 0 bridgehead atoms. The van der Waals surface area contributed by atoms with Crippen molar-refractivity contribution in [3.05, 3.63) is 12.2 Å². The van der Waals surface area contributed by atoms with Crippen molar-refractivity contribution in [2.24, 2.45) is 0 Å². The molecule has 0 saturated carbocycles. The van der Waals surface area contributed by atoms with E-state index in [0.717, 1.165) is 12.8 Å². The van der Waals surface area contributed by atoms with Crippen LogP contribution in [0, 0.1) is 0 Å². The van der Waals surface area contributed by atoms with Gasteiger partial charge in [-0.25, -0.2) is 0 Å². The van der Waals surface area contributed by atoms with Gasteiger partial charge in [-0.2, -0.15) is 0 Å². The number of carbonyl (C=O) groups excluding carboxylic acids is 1. The molecule has 232 valence electrons. The first-order valence-corrected chi connectivity index (χ1v) is 16.9. The SMILES string of the molecule is CCCCCCCCC/C=C\CCCCCCCCOCC(COP(=O)([O-])OCC[N+](C)(C)C)OC(=O)CC. The van der Waals surface area contributed by atoms with Gasteiger partial charge >= 0.3 is 5.97 Å². The zero-order valence-corrected chi connectivity index (χ0v) is 26.7. The summed E-state index contributed by atoms with van der Waals surface area (Å²) in [7, 11) is 1.34. The van der Waals surface area contributed by atoms with Crippen LogP contribution in [-0.2, 0) is 27.9 Å². The van der Waals surface area contributed by atoms with Crippen molar-refractivity contribution < 1.29 is 37.3 Å². The van der Waals surface area contributed by atoms with Gasteiger partial charge < -0.3 is 27.9 Å². The second-order valence-electron chi connectivity index (χ2n) is 11.4. The minimum Gasteiger partial charge on any atom is -0.756 e. The molecule has 0 heterocycles. The molecular weight excluding hydrogens is 517 g/mol. The van der Waals surface area contributed by atoms with Crippen LogP contribution in [-0.4, -0.2) is 70.7 Å². The molecule has 2 atom stereocenters. The van der Waals surface area contributed by atoms with Crippen LogP contribution in [0.25, 0.3) is 0 Å². The van der Waals surface area contributed by atoms with E-state index in [2.05, 4.69) is 19.1 Å². The maximum Gasteiger partial charge on any atom is 0.305 e. The minimum atomic E-state index is -4.47. The molecule has 0 aliphatic carbocycles.